The lowest BCUT2D eigenvalue weighted by Crippen LogP contribution is -2.41. The smallest absolute Gasteiger partial charge is 0.274 e. The second-order valence-corrected chi connectivity index (χ2v) is 9.82. The van der Waals surface area contributed by atoms with Crippen LogP contribution >= 0.6 is 11.3 Å². The fourth-order valence-corrected chi connectivity index (χ4v) is 6.04. The minimum atomic E-state index is -3.85. The van der Waals surface area contributed by atoms with Crippen molar-refractivity contribution >= 4 is 31.6 Å². The Morgan fingerprint density at radius 3 is 2.66 bits per heavy atom. The Kier molecular flexibility index (Phi) is 5.46. The number of hydrogen-bond acceptors (Lipinski definition) is 6. The number of para-hydroxylation sites is 1. The Balaban J connectivity index is 1.46. The van der Waals surface area contributed by atoms with Gasteiger partial charge in [0.05, 0.1) is 17.3 Å². The number of halogens is 1. The number of fused-ring (bicyclic) bond motifs is 1. The van der Waals surface area contributed by atoms with Gasteiger partial charge >= 0.3 is 0 Å². The van der Waals surface area contributed by atoms with Crippen molar-refractivity contribution in [1.29, 1.82) is 0 Å². The van der Waals surface area contributed by atoms with Crippen LogP contribution in [0.15, 0.2) is 41.3 Å². The molecule has 1 aromatic heterocycles. The predicted octanol–water partition coefficient (Wildman–Crippen LogP) is 3.98. The molecule has 0 N–H and O–H groups in total. The molecule has 2 heterocycles. The zero-order valence-electron chi connectivity index (χ0n) is 16.1. The summed E-state index contributed by atoms with van der Waals surface area (Å²) in [7, 11) is -2.48. The first-order chi connectivity index (χ1) is 13.9. The summed E-state index contributed by atoms with van der Waals surface area (Å²) < 4.78 is 53.1. The summed E-state index contributed by atoms with van der Waals surface area (Å²) >= 11 is 1.49. The number of hydrogen-bond donors (Lipinski definition) is 0. The molecule has 2 aromatic carbocycles. The number of methoxy groups -OCH3 is 1. The Labute approximate surface area is 172 Å². The zero-order chi connectivity index (χ0) is 20.6. The van der Waals surface area contributed by atoms with Crippen LogP contribution in [0.1, 0.15) is 18.4 Å². The lowest BCUT2D eigenvalue weighted by Gasteiger charge is -2.31. The largest absolute Gasteiger partial charge is 0.495 e. The van der Waals surface area contributed by atoms with Gasteiger partial charge in [0.25, 0.3) is 5.19 Å². The first-order valence-corrected chi connectivity index (χ1v) is 11.5. The van der Waals surface area contributed by atoms with Crippen LogP contribution in [0.4, 0.5) is 4.39 Å². The molecule has 1 aliphatic heterocycles. The van der Waals surface area contributed by atoms with Crippen molar-refractivity contribution in [3.63, 3.8) is 0 Å². The number of piperidine rings is 1. The summed E-state index contributed by atoms with van der Waals surface area (Å²) in [5, 5.41) is 0.599. The third kappa shape index (κ3) is 3.94. The molecule has 1 saturated heterocycles. The van der Waals surface area contributed by atoms with Crippen molar-refractivity contribution in [2.24, 2.45) is 0 Å². The maximum Gasteiger partial charge on any atom is 0.274 e. The van der Waals surface area contributed by atoms with E-state index in [1.54, 1.807) is 0 Å². The van der Waals surface area contributed by atoms with Crippen molar-refractivity contribution in [3.8, 4) is 10.9 Å². The van der Waals surface area contributed by atoms with Gasteiger partial charge in [-0.25, -0.2) is 17.8 Å². The molecule has 0 atom stereocenters. The molecule has 4 rings (SSSR count). The fraction of sp³-hybridized carbons (Fsp3) is 0.350. The molecule has 0 spiro atoms. The normalized spacial score (nSPS) is 16.2. The molecule has 154 valence electrons. The lowest BCUT2D eigenvalue weighted by molar-refractivity contribution is 0.135. The lowest BCUT2D eigenvalue weighted by atomic mass is 10.1. The van der Waals surface area contributed by atoms with Crippen molar-refractivity contribution in [1.82, 2.24) is 9.29 Å². The first kappa shape index (κ1) is 20.1. The van der Waals surface area contributed by atoms with Gasteiger partial charge in [0.15, 0.2) is 0 Å². The topological polar surface area (TPSA) is 68.7 Å². The molecule has 1 fully saturated rings. The van der Waals surface area contributed by atoms with E-state index in [1.807, 2.05) is 25.1 Å². The Hall–Kier alpha value is -2.23. The number of sulfonamides is 1. The highest BCUT2D eigenvalue weighted by atomic mass is 32.2. The van der Waals surface area contributed by atoms with E-state index in [4.69, 9.17) is 9.47 Å². The van der Waals surface area contributed by atoms with Crippen LogP contribution in [0.2, 0.25) is 0 Å². The van der Waals surface area contributed by atoms with Gasteiger partial charge in [0.2, 0.25) is 10.0 Å². The van der Waals surface area contributed by atoms with Gasteiger partial charge in [-0.3, -0.25) is 0 Å². The van der Waals surface area contributed by atoms with Crippen LogP contribution in [0.3, 0.4) is 0 Å². The number of thiazole rings is 1. The average Bonchev–Trinajstić information content (AvgIpc) is 3.12. The molecule has 0 amide bonds. The van der Waals surface area contributed by atoms with E-state index in [0.717, 1.165) is 21.8 Å². The van der Waals surface area contributed by atoms with Crippen molar-refractivity contribution < 1.29 is 22.3 Å². The number of aromatic nitrogens is 1. The second-order valence-electron chi connectivity index (χ2n) is 6.92. The zero-order valence-corrected chi connectivity index (χ0v) is 17.7. The van der Waals surface area contributed by atoms with E-state index in [1.165, 1.54) is 34.9 Å². The fourth-order valence-electron chi connectivity index (χ4n) is 3.44. The average molecular weight is 437 g/mol. The molecule has 1 aliphatic rings. The summed E-state index contributed by atoms with van der Waals surface area (Å²) in [5.41, 5.74) is 2.03. The molecular formula is C20H21FN2O4S2. The van der Waals surface area contributed by atoms with Gasteiger partial charge in [0.1, 0.15) is 22.6 Å². The number of aryl methyl sites for hydroxylation is 1. The van der Waals surface area contributed by atoms with Gasteiger partial charge < -0.3 is 9.47 Å². The minimum absolute atomic E-state index is 0.114. The molecule has 6 nitrogen and oxygen atoms in total. The molecular weight excluding hydrogens is 415 g/mol. The van der Waals surface area contributed by atoms with Crippen molar-refractivity contribution in [2.75, 3.05) is 20.2 Å². The van der Waals surface area contributed by atoms with Gasteiger partial charge in [-0.05, 0) is 49.6 Å². The predicted molar refractivity (Wildman–Crippen MR) is 110 cm³/mol. The molecule has 3 aromatic rings. The second kappa shape index (κ2) is 7.89. The minimum Gasteiger partial charge on any atom is -0.495 e. The molecule has 0 aliphatic carbocycles. The third-order valence-corrected chi connectivity index (χ3v) is 7.84. The van der Waals surface area contributed by atoms with E-state index < -0.39 is 15.8 Å². The summed E-state index contributed by atoms with van der Waals surface area (Å²) in [6.45, 7) is 2.59. The van der Waals surface area contributed by atoms with E-state index in [0.29, 0.717) is 18.0 Å². The molecule has 29 heavy (non-hydrogen) atoms. The number of ether oxygens (including phenoxy) is 2. The number of nitrogens with zero attached hydrogens (tertiary/aromatic N) is 2. The molecule has 0 saturated carbocycles. The summed E-state index contributed by atoms with van der Waals surface area (Å²) in [6.07, 6.45) is 0.953. The quantitative estimate of drug-likeness (QED) is 0.605. The van der Waals surface area contributed by atoms with Crippen LogP contribution in [-0.2, 0) is 10.0 Å². The van der Waals surface area contributed by atoms with Gasteiger partial charge in [-0.15, -0.1) is 0 Å². The summed E-state index contributed by atoms with van der Waals surface area (Å²) in [4.78, 5) is 4.41. The van der Waals surface area contributed by atoms with E-state index in [9.17, 15) is 12.8 Å². The SMILES string of the molecule is COc1ccc(F)cc1S(=O)(=O)N1CCC(Oc2nc3c(C)cccc3s2)CC1. The maximum absolute atomic E-state index is 13.6. The van der Waals surface area contributed by atoms with Crippen LogP contribution < -0.4 is 9.47 Å². The van der Waals surface area contributed by atoms with Gasteiger partial charge in [-0.2, -0.15) is 4.31 Å². The van der Waals surface area contributed by atoms with E-state index in [2.05, 4.69) is 4.98 Å². The summed E-state index contributed by atoms with van der Waals surface area (Å²) in [6, 6.07) is 9.51. The van der Waals surface area contributed by atoms with Gasteiger partial charge in [-0.1, -0.05) is 23.5 Å². The molecule has 0 radical (unpaired) electrons. The monoisotopic (exact) mass is 436 g/mol. The Morgan fingerprint density at radius 1 is 1.21 bits per heavy atom. The van der Waals surface area contributed by atoms with E-state index >= 15 is 0 Å². The molecule has 0 bridgehead atoms. The highest BCUT2D eigenvalue weighted by molar-refractivity contribution is 7.89. The molecule has 9 heteroatoms. The maximum atomic E-state index is 13.6. The first-order valence-electron chi connectivity index (χ1n) is 9.25. The number of benzene rings is 2. The Bertz CT molecular complexity index is 1140. The van der Waals surface area contributed by atoms with Crippen LogP contribution in [-0.4, -0.2) is 44.0 Å². The van der Waals surface area contributed by atoms with E-state index in [-0.39, 0.29) is 29.8 Å². The van der Waals surface area contributed by atoms with Crippen LogP contribution in [0.5, 0.6) is 10.9 Å². The number of rotatable bonds is 5. The summed E-state index contributed by atoms with van der Waals surface area (Å²) in [5.74, 6) is -0.483. The van der Waals surface area contributed by atoms with Gasteiger partial charge in [0, 0.05) is 13.1 Å². The highest BCUT2D eigenvalue weighted by Gasteiger charge is 2.32. The van der Waals surface area contributed by atoms with Crippen LogP contribution in [0, 0.1) is 12.7 Å². The molecule has 0 unspecified atom stereocenters. The highest BCUT2D eigenvalue weighted by Crippen LogP contribution is 2.33. The standard InChI is InChI=1S/C20H21FN2O4S2/c1-13-4-3-5-17-19(13)22-20(28-17)27-15-8-10-23(11-9-15)29(24,25)18-12-14(21)6-7-16(18)26-2/h3-7,12,15H,8-11H2,1-2H3. The van der Waals surface area contributed by atoms with Crippen LogP contribution in [0.25, 0.3) is 10.2 Å². The van der Waals surface area contributed by atoms with Crippen molar-refractivity contribution in [2.45, 2.75) is 30.8 Å². The van der Waals surface area contributed by atoms with Crippen molar-refractivity contribution in [3.05, 3.63) is 47.8 Å². The third-order valence-electron chi connectivity index (χ3n) is 5.01. The Morgan fingerprint density at radius 2 is 1.97 bits per heavy atom.